The molecule has 0 aromatic rings. The van der Waals surface area contributed by atoms with Crippen LogP contribution in [0.4, 0.5) is 0 Å². The minimum Gasteiger partial charge on any atom is -0.462 e. The number of hydrogen-bond acceptors (Lipinski definition) is 6. The van der Waals surface area contributed by atoms with E-state index in [1.54, 1.807) is 0 Å². The molecule has 0 N–H and O–H groups in total. The Labute approximate surface area is 415 Å². The highest BCUT2D eigenvalue weighted by molar-refractivity contribution is 5.71. The van der Waals surface area contributed by atoms with Crippen LogP contribution < -0.4 is 0 Å². The third kappa shape index (κ3) is 53.9. The molecule has 0 aliphatic carbocycles. The molecule has 0 saturated heterocycles. The molecule has 0 unspecified atom stereocenters. The van der Waals surface area contributed by atoms with E-state index >= 15 is 0 Å². The Hall–Kier alpha value is -2.89. The molecule has 0 rings (SSSR count). The highest BCUT2D eigenvalue weighted by Gasteiger charge is 2.19. The van der Waals surface area contributed by atoms with Crippen LogP contribution in [0.15, 0.2) is 60.8 Å². The monoisotopic (exact) mass is 937 g/mol. The summed E-state index contributed by atoms with van der Waals surface area (Å²) in [6, 6.07) is 0. The Morgan fingerprint density at radius 2 is 0.552 bits per heavy atom. The first kappa shape index (κ1) is 64.1. The molecule has 0 saturated carbocycles. The lowest BCUT2D eigenvalue weighted by molar-refractivity contribution is -0.167. The van der Waals surface area contributed by atoms with Crippen LogP contribution >= 0.6 is 0 Å². The molecular weight excluding hydrogens is 829 g/mol. The molecule has 0 radical (unpaired) electrons. The lowest BCUT2D eigenvalue weighted by Gasteiger charge is -2.18. The van der Waals surface area contributed by atoms with E-state index in [1.165, 1.54) is 180 Å². The third-order valence-electron chi connectivity index (χ3n) is 12.5. The fraction of sp³-hybridized carbons (Fsp3) is 0.787. The van der Waals surface area contributed by atoms with Gasteiger partial charge in [-0.15, -0.1) is 0 Å². The van der Waals surface area contributed by atoms with Gasteiger partial charge >= 0.3 is 17.9 Å². The van der Waals surface area contributed by atoms with Crippen molar-refractivity contribution in [2.24, 2.45) is 0 Å². The molecule has 6 nitrogen and oxygen atoms in total. The number of carbonyl (C=O) groups excluding carboxylic acids is 3. The third-order valence-corrected chi connectivity index (χ3v) is 12.5. The molecule has 0 amide bonds. The van der Waals surface area contributed by atoms with Crippen LogP contribution in [0.2, 0.25) is 0 Å². The van der Waals surface area contributed by atoms with Crippen LogP contribution in [0.1, 0.15) is 290 Å². The van der Waals surface area contributed by atoms with Gasteiger partial charge in [-0.1, -0.05) is 248 Å². The van der Waals surface area contributed by atoms with Gasteiger partial charge in [-0.3, -0.25) is 14.4 Å². The number of carbonyl (C=O) groups is 3. The zero-order chi connectivity index (χ0) is 48.6. The Morgan fingerprint density at radius 1 is 0.299 bits per heavy atom. The molecular formula is C61H108O6. The average molecular weight is 938 g/mol. The van der Waals surface area contributed by atoms with Crippen LogP contribution in [-0.2, 0) is 28.6 Å². The van der Waals surface area contributed by atoms with Crippen LogP contribution in [0.3, 0.4) is 0 Å². The van der Waals surface area contributed by atoms with Gasteiger partial charge in [0.05, 0.1) is 0 Å². The summed E-state index contributed by atoms with van der Waals surface area (Å²) in [6.45, 7) is 6.58. The van der Waals surface area contributed by atoms with Crippen molar-refractivity contribution in [2.75, 3.05) is 13.2 Å². The number of hydrogen-bond donors (Lipinski definition) is 0. The fourth-order valence-corrected chi connectivity index (χ4v) is 8.14. The molecule has 0 aliphatic heterocycles. The van der Waals surface area contributed by atoms with E-state index in [0.29, 0.717) is 19.3 Å². The highest BCUT2D eigenvalue weighted by Crippen LogP contribution is 2.16. The molecule has 388 valence electrons. The van der Waals surface area contributed by atoms with Gasteiger partial charge in [-0.25, -0.2) is 0 Å². The van der Waals surface area contributed by atoms with Crippen molar-refractivity contribution in [1.29, 1.82) is 0 Å². The zero-order valence-corrected chi connectivity index (χ0v) is 44.4. The van der Waals surface area contributed by atoms with Crippen molar-refractivity contribution < 1.29 is 28.6 Å². The average Bonchev–Trinajstić information content (AvgIpc) is 3.33. The predicted molar refractivity (Wildman–Crippen MR) is 288 cm³/mol. The first-order valence-electron chi connectivity index (χ1n) is 28.8. The number of allylic oxidation sites excluding steroid dienone is 10. The Balaban J connectivity index is 4.37. The standard InChI is InChI=1S/C61H108O6/c1-4-7-10-13-16-19-22-24-26-28-29-30-31-33-34-36-39-42-45-48-51-54-60(63)66-57-58(56-65-59(62)53-50-47-44-41-38-21-18-15-12-9-6-3)67-61(64)55-52-49-46-43-40-37-35-32-27-25-23-20-17-14-11-8-5-2/h17,20,24-27,35,37,43,46,58H,4-16,18-19,21-23,28-34,36,38-42,44-45,47-57H2,1-3H3/b20-17-,26-24-,27-25-,37-35-,46-43-/t58-/m0/s1. The molecule has 1 atom stereocenters. The summed E-state index contributed by atoms with van der Waals surface area (Å²) in [7, 11) is 0. The number of rotatable bonds is 52. The summed E-state index contributed by atoms with van der Waals surface area (Å²) in [4.78, 5) is 38.1. The fourth-order valence-electron chi connectivity index (χ4n) is 8.14. The summed E-state index contributed by atoms with van der Waals surface area (Å²) >= 11 is 0. The number of esters is 3. The van der Waals surface area contributed by atoms with E-state index in [9.17, 15) is 14.4 Å². The van der Waals surface area contributed by atoms with Crippen LogP contribution in [0.25, 0.3) is 0 Å². The van der Waals surface area contributed by atoms with Crippen LogP contribution in [-0.4, -0.2) is 37.2 Å². The van der Waals surface area contributed by atoms with Gasteiger partial charge in [-0.2, -0.15) is 0 Å². The van der Waals surface area contributed by atoms with E-state index in [2.05, 4.69) is 81.5 Å². The second-order valence-electron chi connectivity index (χ2n) is 19.2. The van der Waals surface area contributed by atoms with Gasteiger partial charge < -0.3 is 14.2 Å². The summed E-state index contributed by atoms with van der Waals surface area (Å²) in [5.74, 6) is -0.941. The van der Waals surface area contributed by atoms with Crippen molar-refractivity contribution in [3.63, 3.8) is 0 Å². The zero-order valence-electron chi connectivity index (χ0n) is 44.4. The molecule has 67 heavy (non-hydrogen) atoms. The van der Waals surface area contributed by atoms with Crippen molar-refractivity contribution in [3.05, 3.63) is 60.8 Å². The molecule has 0 spiro atoms. The lowest BCUT2D eigenvalue weighted by Crippen LogP contribution is -2.30. The Kier molecular flexibility index (Phi) is 53.3. The van der Waals surface area contributed by atoms with Crippen molar-refractivity contribution >= 4 is 17.9 Å². The SMILES string of the molecule is CCCCC/C=C\C/C=C\C/C=C\C/C=C\CCCC(=O)O[C@@H](COC(=O)CCCCCCCCCCCCC)COC(=O)CCCCCCCCCCCCC/C=C\CCCCCCCC. The van der Waals surface area contributed by atoms with E-state index in [4.69, 9.17) is 14.2 Å². The molecule has 0 heterocycles. The molecule has 0 fully saturated rings. The van der Waals surface area contributed by atoms with Gasteiger partial charge in [0.1, 0.15) is 13.2 Å². The molecule has 0 bridgehead atoms. The molecule has 0 aromatic carbocycles. The minimum absolute atomic E-state index is 0.0935. The maximum atomic E-state index is 12.8. The van der Waals surface area contributed by atoms with E-state index in [0.717, 1.165) is 64.2 Å². The summed E-state index contributed by atoms with van der Waals surface area (Å²) in [6.07, 6.45) is 69.3. The number of unbranched alkanes of at least 4 members (excludes halogenated alkanes) is 31. The van der Waals surface area contributed by atoms with Gasteiger partial charge in [-0.05, 0) is 83.5 Å². The molecule has 0 aromatic heterocycles. The number of ether oxygens (including phenoxy) is 3. The normalized spacial score (nSPS) is 12.5. The highest BCUT2D eigenvalue weighted by atomic mass is 16.6. The van der Waals surface area contributed by atoms with E-state index in [-0.39, 0.29) is 37.5 Å². The molecule has 6 heteroatoms. The van der Waals surface area contributed by atoms with Gasteiger partial charge in [0.15, 0.2) is 6.10 Å². The largest absolute Gasteiger partial charge is 0.462 e. The first-order valence-corrected chi connectivity index (χ1v) is 28.8. The smallest absolute Gasteiger partial charge is 0.306 e. The Morgan fingerprint density at radius 3 is 0.925 bits per heavy atom. The summed E-state index contributed by atoms with van der Waals surface area (Å²) in [5.41, 5.74) is 0. The maximum absolute atomic E-state index is 12.8. The first-order chi connectivity index (χ1) is 33.0. The van der Waals surface area contributed by atoms with Crippen molar-refractivity contribution in [1.82, 2.24) is 0 Å². The quantitative estimate of drug-likeness (QED) is 0.0262. The minimum atomic E-state index is -0.800. The second-order valence-corrected chi connectivity index (χ2v) is 19.2. The topological polar surface area (TPSA) is 78.9 Å². The summed E-state index contributed by atoms with van der Waals surface area (Å²) in [5, 5.41) is 0. The van der Waals surface area contributed by atoms with Crippen LogP contribution in [0, 0.1) is 0 Å². The predicted octanol–water partition coefficient (Wildman–Crippen LogP) is 19.2. The van der Waals surface area contributed by atoms with Gasteiger partial charge in [0.2, 0.25) is 0 Å². The van der Waals surface area contributed by atoms with Crippen LogP contribution in [0.5, 0.6) is 0 Å². The van der Waals surface area contributed by atoms with E-state index in [1.807, 2.05) is 0 Å². The second kappa shape index (κ2) is 55.7. The van der Waals surface area contributed by atoms with Crippen molar-refractivity contribution in [2.45, 2.75) is 297 Å². The Bertz CT molecular complexity index is 1210. The van der Waals surface area contributed by atoms with Gasteiger partial charge in [0, 0.05) is 19.3 Å². The van der Waals surface area contributed by atoms with Crippen molar-refractivity contribution in [3.8, 4) is 0 Å². The lowest BCUT2D eigenvalue weighted by atomic mass is 10.0. The molecule has 0 aliphatic rings. The maximum Gasteiger partial charge on any atom is 0.306 e. The van der Waals surface area contributed by atoms with E-state index < -0.39 is 6.10 Å². The van der Waals surface area contributed by atoms with Gasteiger partial charge in [0.25, 0.3) is 0 Å². The summed E-state index contributed by atoms with van der Waals surface area (Å²) < 4.78 is 16.8.